The van der Waals surface area contributed by atoms with E-state index in [9.17, 15) is 19.5 Å². The number of unbranched alkanes of at least 4 members (excludes halogenated alkanes) is 32. The number of rotatable bonds is 55. The number of carboxylic acids is 1. The highest BCUT2D eigenvalue weighted by Gasteiger charge is 2.22. The lowest BCUT2D eigenvalue weighted by atomic mass is 10.0. The Morgan fingerprint density at radius 3 is 1.20 bits per heavy atom. The van der Waals surface area contributed by atoms with Crippen LogP contribution < -0.4 is 5.11 Å². The van der Waals surface area contributed by atoms with Gasteiger partial charge in [0.2, 0.25) is 0 Å². The van der Waals surface area contributed by atoms with E-state index in [1.54, 1.807) is 0 Å². The monoisotopic (exact) mass is 1000 g/mol. The molecule has 9 nitrogen and oxygen atoms in total. The Morgan fingerprint density at radius 2 is 0.803 bits per heavy atom. The van der Waals surface area contributed by atoms with Gasteiger partial charge in [0.1, 0.15) is 13.2 Å². The number of hydrogen-bond acceptors (Lipinski definition) is 8. The average molecular weight is 1000 g/mol. The maximum Gasteiger partial charge on any atom is 0.306 e. The van der Waals surface area contributed by atoms with Crippen molar-refractivity contribution in [2.45, 2.75) is 283 Å². The molecule has 0 heterocycles. The van der Waals surface area contributed by atoms with E-state index in [2.05, 4.69) is 62.5 Å². The van der Waals surface area contributed by atoms with Crippen LogP contribution >= 0.6 is 0 Å². The number of esters is 2. The summed E-state index contributed by atoms with van der Waals surface area (Å²) in [6.07, 6.45) is 63.0. The molecular weight excluding hydrogens is 887 g/mol. The largest absolute Gasteiger partial charge is 0.545 e. The smallest absolute Gasteiger partial charge is 0.306 e. The van der Waals surface area contributed by atoms with Crippen LogP contribution in [-0.4, -0.2) is 82.3 Å². The fourth-order valence-electron chi connectivity index (χ4n) is 8.53. The van der Waals surface area contributed by atoms with Crippen LogP contribution in [0.1, 0.15) is 271 Å². The summed E-state index contributed by atoms with van der Waals surface area (Å²) in [4.78, 5) is 37.3. The molecule has 71 heavy (non-hydrogen) atoms. The van der Waals surface area contributed by atoms with Crippen LogP contribution in [-0.2, 0) is 33.3 Å². The van der Waals surface area contributed by atoms with Gasteiger partial charge in [-0.05, 0) is 51.4 Å². The lowest BCUT2D eigenvalue weighted by Gasteiger charge is -2.26. The Labute approximate surface area is 438 Å². The van der Waals surface area contributed by atoms with Crippen LogP contribution in [0.25, 0.3) is 0 Å². The van der Waals surface area contributed by atoms with Crippen molar-refractivity contribution in [3.8, 4) is 0 Å². The minimum absolute atomic E-state index is 0.149. The SMILES string of the molecule is CC/C=C\C/C=C\C/C=C\C/C=C\CCCCCCCCCCCCCCCCC(=O)OC(COC(=O)CCCCCCCCCCCCCCCCCCCCC)COC(OCC[N+](C)(C)C)C(=O)[O-]. The van der Waals surface area contributed by atoms with Gasteiger partial charge in [-0.3, -0.25) is 9.59 Å². The third-order valence-electron chi connectivity index (χ3n) is 13.1. The van der Waals surface area contributed by atoms with Crippen LogP contribution in [0.15, 0.2) is 48.6 Å². The summed E-state index contributed by atoms with van der Waals surface area (Å²) in [6, 6.07) is 0. The second kappa shape index (κ2) is 53.5. The molecule has 0 aliphatic carbocycles. The first kappa shape index (κ1) is 68.2. The van der Waals surface area contributed by atoms with Crippen LogP contribution in [0.2, 0.25) is 0 Å². The molecule has 0 N–H and O–H groups in total. The Hall–Kier alpha value is -2.75. The van der Waals surface area contributed by atoms with Crippen LogP contribution in [0.5, 0.6) is 0 Å². The number of carbonyl (C=O) groups excluding carboxylic acids is 3. The molecule has 0 saturated carbocycles. The van der Waals surface area contributed by atoms with E-state index in [-0.39, 0.29) is 32.2 Å². The summed E-state index contributed by atoms with van der Waals surface area (Å²) in [5.41, 5.74) is 0. The van der Waals surface area contributed by atoms with E-state index >= 15 is 0 Å². The number of carbonyl (C=O) groups is 3. The van der Waals surface area contributed by atoms with Crippen molar-refractivity contribution < 1.29 is 42.9 Å². The number of quaternary nitrogens is 1. The highest BCUT2D eigenvalue weighted by Crippen LogP contribution is 2.17. The molecule has 2 atom stereocenters. The molecule has 0 aliphatic rings. The number of allylic oxidation sites excluding steroid dienone is 8. The molecule has 0 aliphatic heterocycles. The third-order valence-corrected chi connectivity index (χ3v) is 13.1. The lowest BCUT2D eigenvalue weighted by Crippen LogP contribution is -2.44. The molecule has 0 radical (unpaired) electrons. The van der Waals surface area contributed by atoms with Crippen molar-refractivity contribution in [1.29, 1.82) is 0 Å². The maximum atomic E-state index is 12.9. The summed E-state index contributed by atoms with van der Waals surface area (Å²) in [5.74, 6) is -2.27. The van der Waals surface area contributed by atoms with E-state index in [0.29, 0.717) is 23.9 Å². The van der Waals surface area contributed by atoms with Gasteiger partial charge in [0.05, 0.1) is 40.3 Å². The Balaban J connectivity index is 4.19. The van der Waals surface area contributed by atoms with Crippen LogP contribution in [0.3, 0.4) is 0 Å². The minimum Gasteiger partial charge on any atom is -0.545 e. The van der Waals surface area contributed by atoms with Gasteiger partial charge in [-0.15, -0.1) is 0 Å². The zero-order valence-corrected chi connectivity index (χ0v) is 47.1. The van der Waals surface area contributed by atoms with Gasteiger partial charge >= 0.3 is 11.9 Å². The number of hydrogen-bond donors (Lipinski definition) is 0. The quantitative estimate of drug-likeness (QED) is 0.0195. The van der Waals surface area contributed by atoms with Gasteiger partial charge in [0, 0.05) is 12.8 Å². The molecule has 0 bridgehead atoms. The number of carboxylic acid groups (broad SMARTS) is 1. The van der Waals surface area contributed by atoms with Gasteiger partial charge in [-0.2, -0.15) is 0 Å². The van der Waals surface area contributed by atoms with E-state index < -0.39 is 24.3 Å². The van der Waals surface area contributed by atoms with Crippen molar-refractivity contribution in [2.75, 3.05) is 47.5 Å². The summed E-state index contributed by atoms with van der Waals surface area (Å²) in [5, 5.41) is 11.8. The topological polar surface area (TPSA) is 111 Å². The number of nitrogens with zero attached hydrogens (tertiary/aromatic N) is 1. The molecule has 0 aromatic heterocycles. The molecule has 0 rings (SSSR count). The highest BCUT2D eigenvalue weighted by molar-refractivity contribution is 5.70. The van der Waals surface area contributed by atoms with Crippen molar-refractivity contribution in [2.24, 2.45) is 0 Å². The summed E-state index contributed by atoms with van der Waals surface area (Å²) >= 11 is 0. The normalized spacial score (nSPS) is 13.1. The van der Waals surface area contributed by atoms with Crippen LogP contribution in [0.4, 0.5) is 0 Å². The van der Waals surface area contributed by atoms with Gasteiger partial charge < -0.3 is 33.3 Å². The molecule has 0 aromatic carbocycles. The fourth-order valence-corrected chi connectivity index (χ4v) is 8.53. The van der Waals surface area contributed by atoms with Gasteiger partial charge in [0.15, 0.2) is 12.4 Å². The minimum atomic E-state index is -1.62. The molecule has 414 valence electrons. The molecule has 0 saturated heterocycles. The first-order valence-corrected chi connectivity index (χ1v) is 29.8. The summed E-state index contributed by atoms with van der Waals surface area (Å²) in [7, 11) is 5.93. The molecule has 0 amide bonds. The van der Waals surface area contributed by atoms with E-state index in [1.807, 2.05) is 21.1 Å². The van der Waals surface area contributed by atoms with Gasteiger partial charge in [0.25, 0.3) is 0 Å². The highest BCUT2D eigenvalue weighted by atomic mass is 16.7. The van der Waals surface area contributed by atoms with Crippen LogP contribution in [0, 0.1) is 0 Å². The standard InChI is InChI=1S/C62H113NO8/c1-6-8-10-12-14-16-18-20-22-24-26-27-28-29-30-31-32-33-35-37-39-41-43-45-47-49-51-53-60(65)71-58(57-70-62(61(66)67)68-55-54-63(3,4)5)56-69-59(64)52-50-48-46-44-42-40-38-36-34-25-23-21-19-17-15-13-11-9-7-2/h8,10,14,16,20,22,26-27,58,62H,6-7,9,11-13,15,17-19,21,23-25,28-57H2,1-5H3/b10-8-,16-14-,22-20-,27-26-. The molecule has 0 fully saturated rings. The lowest BCUT2D eigenvalue weighted by molar-refractivity contribution is -0.870. The van der Waals surface area contributed by atoms with Crippen molar-refractivity contribution >= 4 is 17.9 Å². The fraction of sp³-hybridized carbons (Fsp3) is 0.823. The first-order valence-electron chi connectivity index (χ1n) is 29.8. The third kappa shape index (κ3) is 54.9. The predicted molar refractivity (Wildman–Crippen MR) is 297 cm³/mol. The molecular formula is C62H113NO8. The number of aliphatic carboxylic acids is 1. The Morgan fingerprint density at radius 1 is 0.437 bits per heavy atom. The van der Waals surface area contributed by atoms with Crippen molar-refractivity contribution in [3.63, 3.8) is 0 Å². The maximum absolute atomic E-state index is 12.9. The molecule has 0 aromatic rings. The number of likely N-dealkylation sites (N-methyl/N-ethyl adjacent to an activating group) is 1. The molecule has 2 unspecified atom stereocenters. The van der Waals surface area contributed by atoms with E-state index in [1.165, 1.54) is 180 Å². The first-order chi connectivity index (χ1) is 34.6. The zero-order chi connectivity index (χ0) is 52.0. The zero-order valence-electron chi connectivity index (χ0n) is 47.1. The van der Waals surface area contributed by atoms with Crippen molar-refractivity contribution in [1.82, 2.24) is 0 Å². The summed E-state index contributed by atoms with van der Waals surface area (Å²) in [6.45, 7) is 4.68. The second-order valence-corrected chi connectivity index (χ2v) is 21.3. The predicted octanol–water partition coefficient (Wildman–Crippen LogP) is 16.1. The average Bonchev–Trinajstić information content (AvgIpc) is 3.34. The van der Waals surface area contributed by atoms with E-state index in [4.69, 9.17) is 18.9 Å². The van der Waals surface area contributed by atoms with Gasteiger partial charge in [-0.1, -0.05) is 255 Å². The summed E-state index contributed by atoms with van der Waals surface area (Å²) < 4.78 is 22.7. The number of ether oxygens (including phenoxy) is 4. The van der Waals surface area contributed by atoms with E-state index in [0.717, 1.165) is 57.8 Å². The second-order valence-electron chi connectivity index (χ2n) is 21.3. The van der Waals surface area contributed by atoms with Crippen molar-refractivity contribution in [3.05, 3.63) is 48.6 Å². The molecule has 9 heteroatoms. The molecule has 0 spiro atoms. The Bertz CT molecular complexity index is 1300. The van der Waals surface area contributed by atoms with Gasteiger partial charge in [-0.25, -0.2) is 0 Å². The Kier molecular flexibility index (Phi) is 51.5.